The quantitative estimate of drug-likeness (QED) is 0.220. The van der Waals surface area contributed by atoms with Crippen molar-refractivity contribution >= 4 is 0 Å². The van der Waals surface area contributed by atoms with Crippen LogP contribution in [0.5, 0.6) is 0 Å². The van der Waals surface area contributed by atoms with Crippen molar-refractivity contribution in [2.75, 3.05) is 0 Å². The van der Waals surface area contributed by atoms with Crippen LogP contribution in [-0.2, 0) is 0 Å². The summed E-state index contributed by atoms with van der Waals surface area (Å²) in [5.41, 5.74) is 0. The van der Waals surface area contributed by atoms with Gasteiger partial charge in [0, 0.05) is 5.71 Å². The van der Waals surface area contributed by atoms with Crippen molar-refractivity contribution in [3.8, 4) is 0 Å². The molecule has 0 unspecified atom stereocenters. The van der Waals surface area contributed by atoms with Crippen LogP contribution >= 0.6 is 0 Å². The van der Waals surface area contributed by atoms with Gasteiger partial charge in [0.15, 0.2) is 0 Å². The van der Waals surface area contributed by atoms with E-state index in [-0.39, 0.29) is 16.7 Å². The molecule has 0 aliphatic heterocycles. The molecule has 6 rings (SSSR count). The molecule has 6 aliphatic carbocycles. The maximum atomic E-state index is 2.46. The summed E-state index contributed by atoms with van der Waals surface area (Å²) in [6.07, 6.45) is 46.3. The molecule has 6 aliphatic rings. The van der Waals surface area contributed by atoms with Gasteiger partial charge >= 0.3 is 0 Å². The van der Waals surface area contributed by atoms with Crippen molar-refractivity contribution in [1.29, 1.82) is 0 Å². The fourth-order valence-corrected chi connectivity index (χ4v) is 13.0. The van der Waals surface area contributed by atoms with E-state index in [1.807, 2.05) is 0 Å². The van der Waals surface area contributed by atoms with Crippen LogP contribution in [0.2, 0.25) is 0 Å². The zero-order chi connectivity index (χ0) is 32.1. The smallest absolute Gasteiger partial charge is 0 e. The molecule has 6 fully saturated rings. The molecule has 0 heterocycles. The lowest BCUT2D eigenvalue weighted by Gasteiger charge is -2.41. The SMILES string of the molecule is CCCC1CCC(C2CCC(C3CCC(C)CC3)CC2)CC1.CCCC1CCC(C2CCC(C3CCC(CCC)CC3)CC2)CC1.O.O.[HH].[HH].[HH].[HH]. The minimum Gasteiger partial charge on any atom is -0.412 e. The first-order valence-electron chi connectivity index (χ1n) is 22.6. The Balaban J connectivity index is 0. The average Bonchev–Trinajstić information content (AvgIpc) is 3.11. The van der Waals surface area contributed by atoms with Crippen molar-refractivity contribution in [1.82, 2.24) is 0 Å². The van der Waals surface area contributed by atoms with Crippen LogP contribution in [0.15, 0.2) is 0 Å². The molecule has 0 spiro atoms. The highest BCUT2D eigenvalue weighted by Crippen LogP contribution is 2.48. The normalized spacial score (nSPS) is 40.8. The third-order valence-electron chi connectivity index (χ3n) is 16.1. The molecule has 48 heavy (non-hydrogen) atoms. The van der Waals surface area contributed by atoms with Crippen LogP contribution in [0.25, 0.3) is 0 Å². The predicted octanol–water partition coefficient (Wildman–Crippen LogP) is 14.6. The van der Waals surface area contributed by atoms with E-state index in [4.69, 9.17) is 0 Å². The Bertz CT molecular complexity index is 748. The van der Waals surface area contributed by atoms with Gasteiger partial charge in [-0.15, -0.1) is 0 Å². The second-order valence-electron chi connectivity index (χ2n) is 19.1. The van der Waals surface area contributed by atoms with E-state index >= 15 is 0 Å². The Kier molecular flexibility index (Phi) is 20.1. The predicted molar refractivity (Wildman–Crippen MR) is 219 cm³/mol. The van der Waals surface area contributed by atoms with E-state index in [2.05, 4.69) is 27.7 Å². The van der Waals surface area contributed by atoms with Crippen molar-refractivity contribution < 1.29 is 16.7 Å². The summed E-state index contributed by atoms with van der Waals surface area (Å²) in [7, 11) is 0. The molecule has 0 atom stereocenters. The average molecular weight is 681 g/mol. The molecular weight excluding hydrogens is 585 g/mol. The number of rotatable bonds is 10. The first-order chi connectivity index (χ1) is 22.6. The van der Waals surface area contributed by atoms with Crippen LogP contribution < -0.4 is 0 Å². The van der Waals surface area contributed by atoms with Gasteiger partial charge in [0.25, 0.3) is 0 Å². The van der Waals surface area contributed by atoms with E-state index in [9.17, 15) is 0 Å². The minimum absolute atomic E-state index is 0. The van der Waals surface area contributed by atoms with E-state index in [0.717, 1.165) is 71.0 Å². The van der Waals surface area contributed by atoms with Crippen molar-refractivity contribution in [2.24, 2.45) is 71.0 Å². The van der Waals surface area contributed by atoms with E-state index in [1.165, 1.54) is 51.4 Å². The van der Waals surface area contributed by atoms with Gasteiger partial charge in [0.2, 0.25) is 0 Å². The summed E-state index contributed by atoms with van der Waals surface area (Å²) in [5.74, 6) is 13.2. The third kappa shape index (κ3) is 12.8. The second kappa shape index (κ2) is 22.8. The summed E-state index contributed by atoms with van der Waals surface area (Å²) in [6.45, 7) is 9.55. The minimum atomic E-state index is 0. The molecule has 0 saturated heterocycles. The van der Waals surface area contributed by atoms with E-state index in [1.54, 1.807) is 141 Å². The van der Waals surface area contributed by atoms with Crippen molar-refractivity contribution in [2.45, 2.75) is 220 Å². The highest BCUT2D eigenvalue weighted by molar-refractivity contribution is 4.87. The fraction of sp³-hybridized carbons (Fsp3) is 1.00. The first kappa shape index (κ1) is 42.3. The van der Waals surface area contributed by atoms with Crippen LogP contribution in [0.4, 0.5) is 0 Å². The van der Waals surface area contributed by atoms with Gasteiger partial charge in [0.1, 0.15) is 0 Å². The van der Waals surface area contributed by atoms with E-state index in [0.29, 0.717) is 0 Å². The Labute approximate surface area is 307 Å². The van der Waals surface area contributed by atoms with Gasteiger partial charge in [-0.2, -0.15) is 0 Å². The number of hydrogen-bond acceptors (Lipinski definition) is 0. The molecule has 292 valence electrons. The first-order valence-corrected chi connectivity index (χ1v) is 22.6. The van der Waals surface area contributed by atoms with Crippen LogP contribution in [0.3, 0.4) is 0 Å². The zero-order valence-corrected chi connectivity index (χ0v) is 33.1. The van der Waals surface area contributed by atoms with Crippen molar-refractivity contribution in [3.63, 3.8) is 0 Å². The Hall–Kier alpha value is -0.0800. The van der Waals surface area contributed by atoms with Crippen LogP contribution in [-0.4, -0.2) is 11.0 Å². The standard InChI is InChI=1S/C24H44.C22H40.2H2O.4H2/c1-3-5-19-7-11-21(12-8-19)23-15-17-24(18-16-23)22-13-9-20(6-4-2)10-14-22;1-3-4-18-7-11-20(12-8-18)22-15-13-21(14-16-22)19-9-5-17(2)6-10-19;;;;;;/h19-24H,3-18H2,1-2H3;17-22H,3-16H2,1-2H3;2*1H2;4*1H. The van der Waals surface area contributed by atoms with Gasteiger partial charge in [-0.1, -0.05) is 118 Å². The van der Waals surface area contributed by atoms with Gasteiger partial charge in [-0.05, 0) is 174 Å². The largest absolute Gasteiger partial charge is 0.412 e. The summed E-state index contributed by atoms with van der Waals surface area (Å²) in [5, 5.41) is 0. The molecule has 2 nitrogen and oxygen atoms in total. The lowest BCUT2D eigenvalue weighted by molar-refractivity contribution is 0.102. The molecule has 0 aromatic rings. The second-order valence-corrected chi connectivity index (χ2v) is 19.1. The lowest BCUT2D eigenvalue weighted by Crippen LogP contribution is -2.29. The summed E-state index contributed by atoms with van der Waals surface area (Å²) < 4.78 is 0. The van der Waals surface area contributed by atoms with Crippen molar-refractivity contribution in [3.05, 3.63) is 0 Å². The molecule has 0 amide bonds. The molecule has 6 saturated carbocycles. The Morgan fingerprint density at radius 1 is 0.292 bits per heavy atom. The summed E-state index contributed by atoms with van der Waals surface area (Å²) in [6, 6.07) is 0. The Morgan fingerprint density at radius 3 is 0.646 bits per heavy atom. The maximum Gasteiger partial charge on any atom is 0 e. The van der Waals surface area contributed by atoms with Gasteiger partial charge in [0.05, 0.1) is 0 Å². The molecule has 0 bridgehead atoms. The van der Waals surface area contributed by atoms with Gasteiger partial charge < -0.3 is 11.0 Å². The monoisotopic (exact) mass is 681 g/mol. The maximum absolute atomic E-state index is 2.46. The molecule has 4 N–H and O–H groups in total. The molecule has 2 heteroatoms. The molecule has 0 radical (unpaired) electrons. The third-order valence-corrected chi connectivity index (χ3v) is 16.1. The lowest BCUT2D eigenvalue weighted by atomic mass is 9.64. The van der Waals surface area contributed by atoms with Crippen LogP contribution in [0.1, 0.15) is 226 Å². The Morgan fingerprint density at radius 2 is 0.458 bits per heavy atom. The highest BCUT2D eigenvalue weighted by atomic mass is 16.0. The summed E-state index contributed by atoms with van der Waals surface area (Å²) in [4.78, 5) is 0. The molecule has 0 aromatic carbocycles. The molecular formula is C46H96O2. The number of hydrogen-bond donors (Lipinski definition) is 0. The van der Waals surface area contributed by atoms with Gasteiger partial charge in [-0.3, -0.25) is 0 Å². The van der Waals surface area contributed by atoms with E-state index < -0.39 is 0 Å². The topological polar surface area (TPSA) is 63.0 Å². The fourth-order valence-electron chi connectivity index (χ4n) is 13.0. The summed E-state index contributed by atoms with van der Waals surface area (Å²) >= 11 is 0. The molecule has 0 aromatic heterocycles. The zero-order valence-electron chi connectivity index (χ0n) is 33.1. The van der Waals surface area contributed by atoms with Crippen LogP contribution in [0, 0.1) is 71.0 Å². The van der Waals surface area contributed by atoms with Gasteiger partial charge in [-0.25, -0.2) is 0 Å². The highest BCUT2D eigenvalue weighted by Gasteiger charge is 2.36.